The number of thioether (sulfide) groups is 1. The number of hydrogen-bond acceptors (Lipinski definition) is 3. The quantitative estimate of drug-likeness (QED) is 0.720. The monoisotopic (exact) mass is 370 g/mol. The van der Waals surface area contributed by atoms with Crippen molar-refractivity contribution in [1.29, 1.82) is 0 Å². The highest BCUT2D eigenvalue weighted by Gasteiger charge is 2.18. The van der Waals surface area contributed by atoms with Crippen LogP contribution in [0.5, 0.6) is 0 Å². The minimum Gasteiger partial charge on any atom is -0.350 e. The molecule has 0 fully saturated rings. The predicted octanol–water partition coefficient (Wildman–Crippen LogP) is 4.48. The molecular formula is C21H26N2O2S. The number of rotatable bonds is 8. The number of amides is 2. The maximum atomic E-state index is 12.5. The summed E-state index contributed by atoms with van der Waals surface area (Å²) in [7, 11) is 0. The average molecular weight is 371 g/mol. The highest BCUT2D eigenvalue weighted by Crippen LogP contribution is 2.21. The Kier molecular flexibility index (Phi) is 7.73. The fourth-order valence-electron chi connectivity index (χ4n) is 2.30. The molecule has 2 atom stereocenters. The van der Waals surface area contributed by atoms with Crippen LogP contribution in [0.1, 0.15) is 43.1 Å². The van der Waals surface area contributed by atoms with Crippen molar-refractivity contribution >= 4 is 29.3 Å². The summed E-state index contributed by atoms with van der Waals surface area (Å²) in [5.41, 5.74) is 2.22. The average Bonchev–Trinajstić information content (AvgIpc) is 2.67. The van der Waals surface area contributed by atoms with E-state index in [-0.39, 0.29) is 23.1 Å². The first-order valence-electron chi connectivity index (χ1n) is 8.87. The molecule has 0 saturated carbocycles. The van der Waals surface area contributed by atoms with Crippen molar-refractivity contribution in [2.24, 2.45) is 0 Å². The van der Waals surface area contributed by atoms with Gasteiger partial charge in [0, 0.05) is 11.8 Å². The summed E-state index contributed by atoms with van der Waals surface area (Å²) in [5, 5.41) is 5.62. The van der Waals surface area contributed by atoms with Crippen LogP contribution in [0.3, 0.4) is 0 Å². The van der Waals surface area contributed by atoms with Crippen LogP contribution in [-0.2, 0) is 10.5 Å². The minimum atomic E-state index is -0.221. The van der Waals surface area contributed by atoms with Gasteiger partial charge in [-0.2, -0.15) is 0 Å². The molecule has 138 valence electrons. The third-order valence-electron chi connectivity index (χ3n) is 4.13. The van der Waals surface area contributed by atoms with E-state index in [1.807, 2.05) is 57.2 Å². The Morgan fingerprint density at radius 2 is 1.65 bits per heavy atom. The molecule has 2 rings (SSSR count). The summed E-state index contributed by atoms with van der Waals surface area (Å²) in [5.74, 6) is 0.500. The van der Waals surface area contributed by atoms with E-state index in [0.29, 0.717) is 11.3 Å². The van der Waals surface area contributed by atoms with E-state index in [9.17, 15) is 9.59 Å². The maximum Gasteiger partial charge on any atom is 0.253 e. The third-order valence-corrected chi connectivity index (χ3v) is 5.35. The molecule has 2 N–H and O–H groups in total. The lowest BCUT2D eigenvalue weighted by molar-refractivity contribution is -0.115. The van der Waals surface area contributed by atoms with Gasteiger partial charge in [0.15, 0.2) is 0 Å². The highest BCUT2D eigenvalue weighted by molar-refractivity contribution is 7.99. The van der Waals surface area contributed by atoms with Gasteiger partial charge in [-0.05, 0) is 38.0 Å². The molecule has 2 amide bonds. The van der Waals surface area contributed by atoms with Crippen LogP contribution in [0.4, 0.5) is 5.69 Å². The molecule has 0 heterocycles. The number of anilines is 1. The molecule has 4 nitrogen and oxygen atoms in total. The van der Waals surface area contributed by atoms with E-state index in [1.165, 1.54) is 5.56 Å². The van der Waals surface area contributed by atoms with Crippen molar-refractivity contribution in [3.8, 4) is 0 Å². The van der Waals surface area contributed by atoms with E-state index < -0.39 is 0 Å². The van der Waals surface area contributed by atoms with E-state index in [2.05, 4.69) is 10.6 Å². The van der Waals surface area contributed by atoms with Crippen molar-refractivity contribution in [1.82, 2.24) is 5.32 Å². The van der Waals surface area contributed by atoms with E-state index in [0.717, 1.165) is 12.2 Å². The number of benzene rings is 2. The SMILES string of the molecule is CC[C@H](C)NC(=O)c1ccccc1NC(=O)[C@H](C)SCc1ccccc1. The van der Waals surface area contributed by atoms with Gasteiger partial charge in [-0.15, -0.1) is 11.8 Å². The molecule has 0 aromatic heterocycles. The second kappa shape index (κ2) is 10.0. The Labute approximate surface area is 159 Å². The van der Waals surface area contributed by atoms with Gasteiger partial charge in [0.2, 0.25) is 5.91 Å². The van der Waals surface area contributed by atoms with Crippen LogP contribution in [0.15, 0.2) is 54.6 Å². The van der Waals surface area contributed by atoms with E-state index >= 15 is 0 Å². The zero-order chi connectivity index (χ0) is 18.9. The van der Waals surface area contributed by atoms with Gasteiger partial charge in [-0.3, -0.25) is 9.59 Å². The first-order valence-corrected chi connectivity index (χ1v) is 9.92. The lowest BCUT2D eigenvalue weighted by Crippen LogP contribution is -2.33. The van der Waals surface area contributed by atoms with Gasteiger partial charge < -0.3 is 10.6 Å². The second-order valence-corrected chi connectivity index (χ2v) is 7.59. The van der Waals surface area contributed by atoms with Crippen molar-refractivity contribution in [2.45, 2.75) is 44.2 Å². The van der Waals surface area contributed by atoms with Crippen molar-refractivity contribution in [3.63, 3.8) is 0 Å². The topological polar surface area (TPSA) is 58.2 Å². The van der Waals surface area contributed by atoms with Gasteiger partial charge in [-0.25, -0.2) is 0 Å². The van der Waals surface area contributed by atoms with Crippen LogP contribution in [0.2, 0.25) is 0 Å². The standard InChI is InChI=1S/C21H26N2O2S/c1-4-15(2)22-21(25)18-12-8-9-13-19(18)23-20(24)16(3)26-14-17-10-6-5-7-11-17/h5-13,15-16H,4,14H2,1-3H3,(H,22,25)(H,23,24)/t15-,16-/m0/s1. The molecule has 0 saturated heterocycles. The molecule has 0 aliphatic heterocycles. The van der Waals surface area contributed by atoms with Gasteiger partial charge in [0.05, 0.1) is 16.5 Å². The fourth-order valence-corrected chi connectivity index (χ4v) is 3.14. The number of para-hydroxylation sites is 1. The largest absolute Gasteiger partial charge is 0.350 e. The Bertz CT molecular complexity index is 734. The summed E-state index contributed by atoms with van der Waals surface area (Å²) in [6, 6.07) is 17.3. The second-order valence-electron chi connectivity index (χ2n) is 6.26. The normalized spacial score (nSPS) is 12.9. The molecular weight excluding hydrogens is 344 g/mol. The smallest absolute Gasteiger partial charge is 0.253 e. The van der Waals surface area contributed by atoms with Crippen molar-refractivity contribution in [3.05, 3.63) is 65.7 Å². The number of carbonyl (C=O) groups is 2. The molecule has 5 heteroatoms. The lowest BCUT2D eigenvalue weighted by Gasteiger charge is -2.16. The Hall–Kier alpha value is -2.27. The van der Waals surface area contributed by atoms with Crippen LogP contribution in [-0.4, -0.2) is 23.1 Å². The molecule has 0 spiro atoms. The molecule has 0 unspecified atom stereocenters. The van der Waals surface area contributed by atoms with Crippen LogP contribution in [0.25, 0.3) is 0 Å². The van der Waals surface area contributed by atoms with Gasteiger partial charge in [0.25, 0.3) is 5.91 Å². The number of nitrogens with one attached hydrogen (secondary N) is 2. The Balaban J connectivity index is 1.98. The number of hydrogen-bond donors (Lipinski definition) is 2. The fraction of sp³-hybridized carbons (Fsp3) is 0.333. The van der Waals surface area contributed by atoms with E-state index in [4.69, 9.17) is 0 Å². The Morgan fingerprint density at radius 1 is 1.00 bits per heavy atom. The molecule has 0 bridgehead atoms. The van der Waals surface area contributed by atoms with Crippen LogP contribution >= 0.6 is 11.8 Å². The minimum absolute atomic E-state index is 0.0895. The lowest BCUT2D eigenvalue weighted by atomic mass is 10.1. The predicted molar refractivity (Wildman–Crippen MR) is 109 cm³/mol. The summed E-state index contributed by atoms with van der Waals surface area (Å²) >= 11 is 1.57. The van der Waals surface area contributed by atoms with Gasteiger partial charge >= 0.3 is 0 Å². The van der Waals surface area contributed by atoms with Crippen LogP contribution < -0.4 is 10.6 Å². The van der Waals surface area contributed by atoms with Crippen molar-refractivity contribution < 1.29 is 9.59 Å². The summed E-state index contributed by atoms with van der Waals surface area (Å²) < 4.78 is 0. The summed E-state index contributed by atoms with van der Waals surface area (Å²) in [6.07, 6.45) is 0.855. The molecule has 26 heavy (non-hydrogen) atoms. The third kappa shape index (κ3) is 5.92. The van der Waals surface area contributed by atoms with Gasteiger partial charge in [0.1, 0.15) is 0 Å². The first-order chi connectivity index (χ1) is 12.5. The molecule has 0 radical (unpaired) electrons. The number of carbonyl (C=O) groups excluding carboxylic acids is 2. The zero-order valence-corrected chi connectivity index (χ0v) is 16.3. The summed E-state index contributed by atoms with van der Waals surface area (Å²) in [6.45, 7) is 5.86. The molecule has 0 aliphatic carbocycles. The molecule has 2 aromatic carbocycles. The van der Waals surface area contributed by atoms with Gasteiger partial charge in [-0.1, -0.05) is 49.4 Å². The Morgan fingerprint density at radius 3 is 2.35 bits per heavy atom. The molecule has 2 aromatic rings. The zero-order valence-electron chi connectivity index (χ0n) is 15.5. The van der Waals surface area contributed by atoms with Crippen molar-refractivity contribution in [2.75, 3.05) is 5.32 Å². The first kappa shape index (κ1) is 20.0. The molecule has 0 aliphatic rings. The highest BCUT2D eigenvalue weighted by atomic mass is 32.2. The summed E-state index contributed by atoms with van der Waals surface area (Å²) in [4.78, 5) is 25.0. The van der Waals surface area contributed by atoms with E-state index in [1.54, 1.807) is 30.0 Å². The van der Waals surface area contributed by atoms with Crippen LogP contribution in [0, 0.1) is 0 Å². The maximum absolute atomic E-state index is 12.5.